The summed E-state index contributed by atoms with van der Waals surface area (Å²) in [5.74, 6) is 1.25. The Hall–Kier alpha value is -2.36. The first-order valence-electron chi connectivity index (χ1n) is 9.02. The van der Waals surface area contributed by atoms with Gasteiger partial charge < -0.3 is 15.7 Å². The topological polar surface area (TPSA) is 87.4 Å². The van der Waals surface area contributed by atoms with Crippen LogP contribution in [0.25, 0.3) is 11.2 Å². The predicted molar refractivity (Wildman–Crippen MR) is 117 cm³/mol. The highest BCUT2D eigenvalue weighted by Crippen LogP contribution is 2.29. The third kappa shape index (κ3) is 4.73. The molecule has 3 aromatic heterocycles. The van der Waals surface area contributed by atoms with Gasteiger partial charge in [-0.1, -0.05) is 19.1 Å². The summed E-state index contributed by atoms with van der Waals surface area (Å²) in [7, 11) is 1.88. The second-order valence-corrected chi connectivity index (χ2v) is 7.91. The van der Waals surface area contributed by atoms with Crippen LogP contribution in [0.1, 0.15) is 24.7 Å². The number of hydrogen-bond donors (Lipinski definition) is 3. The maximum atomic E-state index is 9.20. The van der Waals surface area contributed by atoms with Crippen LogP contribution >= 0.6 is 23.3 Å². The minimum Gasteiger partial charge on any atom is -0.396 e. The van der Waals surface area contributed by atoms with Gasteiger partial charge >= 0.3 is 0 Å². The largest absolute Gasteiger partial charge is 0.396 e. The summed E-state index contributed by atoms with van der Waals surface area (Å²) in [5.41, 5.74) is 3.69. The van der Waals surface area contributed by atoms with Crippen LogP contribution in [0.5, 0.6) is 0 Å². The molecule has 0 saturated carbocycles. The molecule has 0 amide bonds. The van der Waals surface area contributed by atoms with E-state index in [1.807, 2.05) is 43.0 Å². The van der Waals surface area contributed by atoms with Gasteiger partial charge in [-0.2, -0.15) is 4.37 Å². The maximum Gasteiger partial charge on any atom is 0.181 e. The van der Waals surface area contributed by atoms with Crippen LogP contribution in [-0.4, -0.2) is 43.3 Å². The Labute approximate surface area is 172 Å². The molecule has 3 aromatic rings. The van der Waals surface area contributed by atoms with Crippen molar-refractivity contribution in [3.63, 3.8) is 0 Å². The number of imidazole rings is 1. The molecule has 0 atom stereocenters. The molecule has 0 bridgehead atoms. The number of thioether (sulfide) groups is 1. The van der Waals surface area contributed by atoms with E-state index in [1.165, 1.54) is 23.3 Å². The number of fused-ring (bicyclic) bond motifs is 1. The molecule has 7 nitrogen and oxygen atoms in total. The fourth-order valence-corrected chi connectivity index (χ4v) is 3.93. The second-order valence-electron chi connectivity index (χ2n) is 5.99. The summed E-state index contributed by atoms with van der Waals surface area (Å²) in [5, 5.41) is 17.4. The lowest BCUT2D eigenvalue weighted by atomic mass is 10.2. The maximum absolute atomic E-state index is 9.20. The van der Waals surface area contributed by atoms with Gasteiger partial charge in [0.2, 0.25) is 0 Å². The average Bonchev–Trinajstić information content (AvgIpc) is 3.29. The number of nitrogens with one attached hydrogen (secondary N) is 2. The Morgan fingerprint density at radius 3 is 2.96 bits per heavy atom. The molecule has 9 heteroatoms. The molecule has 0 aliphatic heterocycles. The molecule has 148 valence electrons. The summed E-state index contributed by atoms with van der Waals surface area (Å²) in [6.45, 7) is 4.16. The van der Waals surface area contributed by atoms with Gasteiger partial charge in [0.15, 0.2) is 11.5 Å². The number of hydrogen-bond acceptors (Lipinski definition) is 8. The zero-order valence-corrected chi connectivity index (χ0v) is 17.8. The molecule has 0 aliphatic carbocycles. The van der Waals surface area contributed by atoms with Gasteiger partial charge in [0.1, 0.15) is 10.0 Å². The fourth-order valence-electron chi connectivity index (χ4n) is 2.63. The number of rotatable bonds is 9. The molecule has 0 fully saturated rings. The van der Waals surface area contributed by atoms with Crippen LogP contribution in [0, 0.1) is 6.92 Å². The SMILES string of the molecule is CC/C=C/C(=C\NC)c1cnc2c(Nc3cc(C)ns3)nc(SCCO)cn12. The van der Waals surface area contributed by atoms with E-state index in [9.17, 15) is 5.11 Å². The number of aliphatic hydroxyl groups excluding tert-OH is 1. The second kappa shape index (κ2) is 9.72. The van der Waals surface area contributed by atoms with Crippen molar-refractivity contribution in [1.82, 2.24) is 24.1 Å². The lowest BCUT2D eigenvalue weighted by Crippen LogP contribution is -2.02. The molecule has 3 N–H and O–H groups in total. The van der Waals surface area contributed by atoms with E-state index in [1.54, 1.807) is 0 Å². The Kier molecular flexibility index (Phi) is 7.07. The lowest BCUT2D eigenvalue weighted by molar-refractivity contribution is 0.322. The number of allylic oxidation sites excluding steroid dienone is 3. The first-order chi connectivity index (χ1) is 13.7. The van der Waals surface area contributed by atoms with Gasteiger partial charge in [-0.15, -0.1) is 11.8 Å². The highest BCUT2D eigenvalue weighted by Gasteiger charge is 2.14. The van der Waals surface area contributed by atoms with Crippen molar-refractivity contribution in [2.45, 2.75) is 25.3 Å². The van der Waals surface area contributed by atoms with Gasteiger partial charge in [-0.25, -0.2) is 9.97 Å². The van der Waals surface area contributed by atoms with E-state index in [4.69, 9.17) is 4.98 Å². The summed E-state index contributed by atoms with van der Waals surface area (Å²) in [6.07, 6.45) is 10.9. The number of aromatic nitrogens is 4. The minimum atomic E-state index is 0.0993. The molecule has 3 heterocycles. The van der Waals surface area contributed by atoms with Crippen LogP contribution in [-0.2, 0) is 0 Å². The van der Waals surface area contributed by atoms with Crippen LogP contribution in [0.3, 0.4) is 0 Å². The van der Waals surface area contributed by atoms with E-state index in [0.717, 1.165) is 39.1 Å². The summed E-state index contributed by atoms with van der Waals surface area (Å²) < 4.78 is 6.35. The van der Waals surface area contributed by atoms with Crippen LogP contribution in [0.4, 0.5) is 10.8 Å². The molecular weight excluding hydrogens is 392 g/mol. The van der Waals surface area contributed by atoms with Crippen molar-refractivity contribution >= 4 is 45.3 Å². The fraction of sp³-hybridized carbons (Fsp3) is 0.316. The van der Waals surface area contributed by atoms with Crippen molar-refractivity contribution in [2.24, 2.45) is 0 Å². The van der Waals surface area contributed by atoms with Gasteiger partial charge in [-0.3, -0.25) is 4.40 Å². The molecule has 3 rings (SSSR count). The molecule has 0 spiro atoms. The number of aliphatic hydroxyl groups is 1. The van der Waals surface area contributed by atoms with Gasteiger partial charge in [0.05, 0.1) is 24.2 Å². The van der Waals surface area contributed by atoms with E-state index in [0.29, 0.717) is 11.6 Å². The first-order valence-corrected chi connectivity index (χ1v) is 10.8. The number of anilines is 2. The van der Waals surface area contributed by atoms with E-state index in [-0.39, 0.29) is 6.61 Å². The minimum absolute atomic E-state index is 0.0993. The van der Waals surface area contributed by atoms with Crippen molar-refractivity contribution in [2.75, 3.05) is 24.7 Å². The smallest absolute Gasteiger partial charge is 0.181 e. The zero-order valence-electron chi connectivity index (χ0n) is 16.1. The Morgan fingerprint density at radius 2 is 2.29 bits per heavy atom. The molecular formula is C19H24N6OS2. The molecule has 0 unspecified atom stereocenters. The first kappa shape index (κ1) is 20.4. The van der Waals surface area contributed by atoms with Crippen LogP contribution in [0.2, 0.25) is 0 Å². The molecule has 28 heavy (non-hydrogen) atoms. The van der Waals surface area contributed by atoms with Crippen molar-refractivity contribution in [3.8, 4) is 0 Å². The number of aryl methyl sites for hydroxylation is 1. The summed E-state index contributed by atoms with van der Waals surface area (Å²) in [6, 6.07) is 1.98. The van der Waals surface area contributed by atoms with Crippen molar-refractivity contribution < 1.29 is 5.11 Å². The zero-order chi connectivity index (χ0) is 19.9. The monoisotopic (exact) mass is 416 g/mol. The van der Waals surface area contributed by atoms with E-state index < -0.39 is 0 Å². The standard InChI is InChI=1S/C19H24N6OS2/c1-4-5-6-14(10-20-3)15-11-21-19-18(22-16-9-13(2)24-28-16)23-17(12-25(15)19)27-8-7-26/h5-6,9-12,20,26H,4,7-8H2,1-3H3,(H,22,23)/b6-5+,14-10+. The van der Waals surface area contributed by atoms with Gasteiger partial charge in [-0.05, 0) is 30.9 Å². The third-order valence-electron chi connectivity index (χ3n) is 3.81. The summed E-state index contributed by atoms with van der Waals surface area (Å²) in [4.78, 5) is 9.32. The van der Waals surface area contributed by atoms with Gasteiger partial charge in [0, 0.05) is 30.8 Å². The van der Waals surface area contributed by atoms with E-state index >= 15 is 0 Å². The Bertz CT molecular complexity index is 992. The normalized spacial score (nSPS) is 12.2. The Morgan fingerprint density at radius 1 is 1.43 bits per heavy atom. The summed E-state index contributed by atoms with van der Waals surface area (Å²) >= 11 is 2.90. The Balaban J connectivity index is 2.10. The van der Waals surface area contributed by atoms with Crippen molar-refractivity contribution in [1.29, 1.82) is 0 Å². The van der Waals surface area contributed by atoms with E-state index in [2.05, 4.69) is 39.1 Å². The van der Waals surface area contributed by atoms with Crippen LogP contribution < -0.4 is 10.6 Å². The molecule has 0 saturated heterocycles. The highest BCUT2D eigenvalue weighted by molar-refractivity contribution is 7.99. The van der Waals surface area contributed by atoms with Gasteiger partial charge in [0.25, 0.3) is 0 Å². The lowest BCUT2D eigenvalue weighted by Gasteiger charge is -2.10. The van der Waals surface area contributed by atoms with Crippen molar-refractivity contribution in [3.05, 3.63) is 48.2 Å². The third-order valence-corrected chi connectivity index (χ3v) is 5.48. The van der Waals surface area contributed by atoms with Crippen LogP contribution in [0.15, 0.2) is 41.8 Å². The average molecular weight is 417 g/mol. The molecule has 0 radical (unpaired) electrons. The molecule has 0 aromatic carbocycles. The number of nitrogens with zero attached hydrogens (tertiary/aromatic N) is 4. The highest BCUT2D eigenvalue weighted by atomic mass is 32.2. The predicted octanol–water partition coefficient (Wildman–Crippen LogP) is 3.85. The quantitative estimate of drug-likeness (QED) is 0.361. The molecule has 0 aliphatic rings.